The SMILES string of the molecule is CCC1=NOC(CN)C1S. The van der Waals surface area contributed by atoms with E-state index in [0.717, 1.165) is 12.1 Å². The van der Waals surface area contributed by atoms with E-state index in [2.05, 4.69) is 17.8 Å². The van der Waals surface area contributed by atoms with E-state index in [1.165, 1.54) is 0 Å². The molecule has 0 bridgehead atoms. The Kier molecular flexibility index (Phi) is 2.56. The fraction of sp³-hybridized carbons (Fsp3) is 0.833. The first kappa shape index (κ1) is 7.88. The van der Waals surface area contributed by atoms with E-state index < -0.39 is 0 Å². The van der Waals surface area contributed by atoms with Crippen molar-refractivity contribution in [3.05, 3.63) is 0 Å². The van der Waals surface area contributed by atoms with Crippen LogP contribution in [0.1, 0.15) is 13.3 Å². The summed E-state index contributed by atoms with van der Waals surface area (Å²) in [5.41, 5.74) is 6.39. The van der Waals surface area contributed by atoms with Gasteiger partial charge in [0.2, 0.25) is 0 Å². The number of nitrogens with zero attached hydrogens (tertiary/aromatic N) is 1. The number of hydrogen-bond donors (Lipinski definition) is 2. The zero-order valence-electron chi connectivity index (χ0n) is 5.95. The Balaban J connectivity index is 2.51. The fourth-order valence-electron chi connectivity index (χ4n) is 0.907. The fourth-order valence-corrected chi connectivity index (χ4v) is 1.31. The van der Waals surface area contributed by atoms with Crippen LogP contribution in [0.3, 0.4) is 0 Å². The molecule has 0 fully saturated rings. The first-order valence-electron chi connectivity index (χ1n) is 3.40. The molecule has 0 aliphatic carbocycles. The van der Waals surface area contributed by atoms with Crippen LogP contribution in [-0.4, -0.2) is 23.6 Å². The van der Waals surface area contributed by atoms with Gasteiger partial charge < -0.3 is 10.6 Å². The molecule has 0 aromatic carbocycles. The molecule has 2 atom stereocenters. The number of hydrogen-bond acceptors (Lipinski definition) is 4. The highest BCUT2D eigenvalue weighted by atomic mass is 32.1. The lowest BCUT2D eigenvalue weighted by molar-refractivity contribution is 0.0946. The number of thiol groups is 1. The van der Waals surface area contributed by atoms with Crippen molar-refractivity contribution in [3.63, 3.8) is 0 Å². The van der Waals surface area contributed by atoms with Crippen molar-refractivity contribution < 1.29 is 4.84 Å². The molecule has 0 aromatic heterocycles. The van der Waals surface area contributed by atoms with E-state index in [0.29, 0.717) is 6.54 Å². The predicted octanol–water partition coefficient (Wildman–Crippen LogP) is 0.408. The van der Waals surface area contributed by atoms with Crippen molar-refractivity contribution in [2.45, 2.75) is 24.7 Å². The van der Waals surface area contributed by atoms with E-state index in [-0.39, 0.29) is 11.4 Å². The van der Waals surface area contributed by atoms with Crippen molar-refractivity contribution in [2.24, 2.45) is 10.9 Å². The molecular weight excluding hydrogens is 148 g/mol. The van der Waals surface area contributed by atoms with Gasteiger partial charge in [-0.15, -0.1) is 0 Å². The van der Waals surface area contributed by atoms with Crippen LogP contribution in [0.25, 0.3) is 0 Å². The minimum Gasteiger partial charge on any atom is -0.390 e. The van der Waals surface area contributed by atoms with Crippen LogP contribution >= 0.6 is 12.6 Å². The first-order valence-corrected chi connectivity index (χ1v) is 3.92. The molecule has 0 aromatic rings. The molecule has 0 amide bonds. The average molecular weight is 160 g/mol. The summed E-state index contributed by atoms with van der Waals surface area (Å²) in [6, 6.07) is 0. The van der Waals surface area contributed by atoms with Crippen LogP contribution in [0.5, 0.6) is 0 Å². The quantitative estimate of drug-likeness (QED) is 0.575. The van der Waals surface area contributed by atoms with Crippen molar-refractivity contribution in [1.29, 1.82) is 0 Å². The van der Waals surface area contributed by atoms with Gasteiger partial charge in [-0.1, -0.05) is 12.1 Å². The monoisotopic (exact) mass is 160 g/mol. The van der Waals surface area contributed by atoms with Crippen LogP contribution in [0, 0.1) is 0 Å². The van der Waals surface area contributed by atoms with Gasteiger partial charge in [0.25, 0.3) is 0 Å². The molecule has 0 saturated heterocycles. The van der Waals surface area contributed by atoms with E-state index in [1.807, 2.05) is 6.92 Å². The van der Waals surface area contributed by atoms with Gasteiger partial charge in [0.05, 0.1) is 11.0 Å². The Morgan fingerprint density at radius 3 is 2.80 bits per heavy atom. The van der Waals surface area contributed by atoms with Crippen molar-refractivity contribution in [2.75, 3.05) is 6.54 Å². The van der Waals surface area contributed by atoms with Gasteiger partial charge in [0.1, 0.15) is 0 Å². The lowest BCUT2D eigenvalue weighted by Crippen LogP contribution is -2.31. The van der Waals surface area contributed by atoms with Crippen LogP contribution in [0.15, 0.2) is 5.16 Å². The number of nitrogens with two attached hydrogens (primary N) is 1. The van der Waals surface area contributed by atoms with Crippen LogP contribution in [0.4, 0.5) is 0 Å². The highest BCUT2D eigenvalue weighted by Crippen LogP contribution is 2.17. The van der Waals surface area contributed by atoms with E-state index in [9.17, 15) is 0 Å². The lowest BCUT2D eigenvalue weighted by atomic mass is 10.1. The lowest BCUT2D eigenvalue weighted by Gasteiger charge is -2.09. The Labute approximate surface area is 66.0 Å². The van der Waals surface area contributed by atoms with Gasteiger partial charge in [0, 0.05) is 6.54 Å². The highest BCUT2D eigenvalue weighted by Gasteiger charge is 2.28. The minimum absolute atomic E-state index is 0.0155. The third-order valence-electron chi connectivity index (χ3n) is 1.59. The third kappa shape index (κ3) is 1.27. The number of oxime groups is 1. The number of rotatable bonds is 2. The van der Waals surface area contributed by atoms with Crippen molar-refractivity contribution in [1.82, 2.24) is 0 Å². The second-order valence-electron chi connectivity index (χ2n) is 2.26. The van der Waals surface area contributed by atoms with Gasteiger partial charge in [0.15, 0.2) is 6.10 Å². The normalized spacial score (nSPS) is 31.7. The molecule has 3 nitrogen and oxygen atoms in total. The predicted molar refractivity (Wildman–Crippen MR) is 44.4 cm³/mol. The first-order chi connectivity index (χ1) is 4.79. The Hall–Kier alpha value is -0.220. The smallest absolute Gasteiger partial charge is 0.156 e. The molecule has 10 heavy (non-hydrogen) atoms. The van der Waals surface area contributed by atoms with Gasteiger partial charge in [-0.3, -0.25) is 0 Å². The maximum atomic E-state index is 5.39. The molecular formula is C6H12N2OS. The topological polar surface area (TPSA) is 47.6 Å². The summed E-state index contributed by atoms with van der Waals surface area (Å²) < 4.78 is 0. The Morgan fingerprint density at radius 2 is 2.50 bits per heavy atom. The zero-order chi connectivity index (χ0) is 7.56. The summed E-state index contributed by atoms with van der Waals surface area (Å²) in [5.74, 6) is 0. The Bertz CT molecular complexity index is 149. The van der Waals surface area contributed by atoms with Crippen LogP contribution < -0.4 is 5.73 Å². The van der Waals surface area contributed by atoms with E-state index >= 15 is 0 Å². The molecule has 1 rings (SSSR count). The molecule has 58 valence electrons. The molecule has 0 spiro atoms. The largest absolute Gasteiger partial charge is 0.390 e. The molecule has 2 N–H and O–H groups in total. The Morgan fingerprint density at radius 1 is 1.80 bits per heavy atom. The van der Waals surface area contributed by atoms with Crippen molar-refractivity contribution in [3.8, 4) is 0 Å². The standard InChI is InChI=1S/C6H12N2OS/c1-2-4-6(10)5(3-7)9-8-4/h5-6,10H,2-3,7H2,1H3. The highest BCUT2D eigenvalue weighted by molar-refractivity contribution is 7.82. The summed E-state index contributed by atoms with van der Waals surface area (Å²) in [4.78, 5) is 5.00. The summed E-state index contributed by atoms with van der Waals surface area (Å²) >= 11 is 4.31. The zero-order valence-corrected chi connectivity index (χ0v) is 6.84. The molecule has 4 heteroatoms. The van der Waals surface area contributed by atoms with Crippen LogP contribution in [-0.2, 0) is 4.84 Å². The summed E-state index contributed by atoms with van der Waals surface area (Å²) in [6.07, 6.45) is 0.878. The molecule has 1 aliphatic rings. The van der Waals surface area contributed by atoms with E-state index in [1.54, 1.807) is 0 Å². The van der Waals surface area contributed by atoms with E-state index in [4.69, 9.17) is 10.6 Å². The maximum absolute atomic E-state index is 5.39. The third-order valence-corrected chi connectivity index (χ3v) is 2.22. The second kappa shape index (κ2) is 3.25. The second-order valence-corrected chi connectivity index (χ2v) is 2.82. The van der Waals surface area contributed by atoms with Gasteiger partial charge >= 0.3 is 0 Å². The van der Waals surface area contributed by atoms with Gasteiger partial charge in [-0.05, 0) is 6.42 Å². The summed E-state index contributed by atoms with van der Waals surface area (Å²) in [5, 5.41) is 3.95. The summed E-state index contributed by atoms with van der Waals surface area (Å²) in [7, 11) is 0. The minimum atomic E-state index is -0.0155. The maximum Gasteiger partial charge on any atom is 0.156 e. The van der Waals surface area contributed by atoms with Crippen molar-refractivity contribution >= 4 is 18.3 Å². The van der Waals surface area contributed by atoms with Gasteiger partial charge in [-0.25, -0.2) is 0 Å². The van der Waals surface area contributed by atoms with Crippen LogP contribution in [0.2, 0.25) is 0 Å². The molecule has 0 radical (unpaired) electrons. The molecule has 2 unspecified atom stereocenters. The summed E-state index contributed by atoms with van der Waals surface area (Å²) in [6.45, 7) is 2.52. The average Bonchev–Trinajstić information content (AvgIpc) is 2.30. The van der Waals surface area contributed by atoms with Gasteiger partial charge in [-0.2, -0.15) is 12.6 Å². The molecule has 1 heterocycles. The molecule has 1 aliphatic heterocycles. The molecule has 0 saturated carbocycles.